The van der Waals surface area contributed by atoms with Gasteiger partial charge in [-0.2, -0.15) is 0 Å². The maximum absolute atomic E-state index is 12.4. The van der Waals surface area contributed by atoms with Crippen LogP contribution in [0.1, 0.15) is 52.4 Å². The molecule has 4 saturated carbocycles. The Morgan fingerprint density at radius 2 is 1.86 bits per heavy atom. The van der Waals surface area contributed by atoms with Gasteiger partial charge < -0.3 is 4.98 Å². The van der Waals surface area contributed by atoms with Crippen LogP contribution in [-0.4, -0.2) is 9.55 Å². The average Bonchev–Trinajstić information content (AvgIpc) is 2.36. The van der Waals surface area contributed by atoms with Gasteiger partial charge in [-0.15, -0.1) is 0 Å². The normalized spacial score (nSPS) is 40.9. The first-order valence-corrected chi connectivity index (χ1v) is 8.25. The van der Waals surface area contributed by atoms with E-state index in [1.165, 1.54) is 31.5 Å². The van der Waals surface area contributed by atoms with E-state index in [2.05, 4.69) is 18.8 Å². The summed E-state index contributed by atoms with van der Waals surface area (Å²) >= 11 is 0. The van der Waals surface area contributed by atoms with Crippen molar-refractivity contribution in [3.05, 3.63) is 33.1 Å². The molecule has 2 atom stereocenters. The van der Waals surface area contributed by atoms with Crippen molar-refractivity contribution in [2.24, 2.45) is 23.2 Å². The maximum atomic E-state index is 12.4. The molecule has 0 aliphatic heterocycles. The summed E-state index contributed by atoms with van der Waals surface area (Å²) in [4.78, 5) is 27.4. The van der Waals surface area contributed by atoms with Gasteiger partial charge in [-0.05, 0) is 61.7 Å². The quantitative estimate of drug-likeness (QED) is 0.909. The fourth-order valence-electron chi connectivity index (χ4n) is 6.09. The Hall–Kier alpha value is -1.32. The van der Waals surface area contributed by atoms with Gasteiger partial charge >= 0.3 is 5.69 Å². The van der Waals surface area contributed by atoms with Crippen LogP contribution in [0.3, 0.4) is 0 Å². The molecule has 1 heterocycles. The van der Waals surface area contributed by atoms with Crippen LogP contribution in [0, 0.1) is 23.2 Å². The number of nitrogens with zero attached hydrogens (tertiary/aromatic N) is 1. The van der Waals surface area contributed by atoms with Crippen LogP contribution in [0.15, 0.2) is 21.9 Å². The SMILES string of the molecule is CC(C)C12CC3CC(C1)CC(n1c(=O)cc[nH]c1=O)(C3)C2. The van der Waals surface area contributed by atoms with E-state index in [4.69, 9.17) is 0 Å². The highest BCUT2D eigenvalue weighted by Gasteiger charge is 2.59. The minimum absolute atomic E-state index is 0.125. The third-order valence-corrected chi connectivity index (χ3v) is 6.63. The van der Waals surface area contributed by atoms with Crippen molar-refractivity contribution in [1.82, 2.24) is 9.55 Å². The Kier molecular flexibility index (Phi) is 2.61. The van der Waals surface area contributed by atoms with Crippen molar-refractivity contribution in [1.29, 1.82) is 0 Å². The highest BCUT2D eigenvalue weighted by molar-refractivity contribution is 5.12. The van der Waals surface area contributed by atoms with Crippen molar-refractivity contribution >= 4 is 0 Å². The molecule has 21 heavy (non-hydrogen) atoms. The lowest BCUT2D eigenvalue weighted by molar-refractivity contribution is -0.125. The van der Waals surface area contributed by atoms with E-state index in [1.54, 1.807) is 4.57 Å². The van der Waals surface area contributed by atoms with Gasteiger partial charge in [0.05, 0.1) is 5.54 Å². The number of hydrogen-bond acceptors (Lipinski definition) is 2. The largest absolute Gasteiger partial charge is 0.328 e. The van der Waals surface area contributed by atoms with Crippen LogP contribution in [0.5, 0.6) is 0 Å². The zero-order valence-electron chi connectivity index (χ0n) is 12.9. The Labute approximate surface area is 124 Å². The minimum atomic E-state index is -0.222. The number of aromatic amines is 1. The molecule has 0 radical (unpaired) electrons. The maximum Gasteiger partial charge on any atom is 0.328 e. The van der Waals surface area contributed by atoms with Crippen LogP contribution in [0.25, 0.3) is 0 Å². The Balaban J connectivity index is 1.89. The second-order valence-electron chi connectivity index (χ2n) is 8.16. The molecule has 2 unspecified atom stereocenters. The zero-order chi connectivity index (χ0) is 14.8. The molecule has 4 fully saturated rings. The topological polar surface area (TPSA) is 54.9 Å². The molecule has 1 aromatic heterocycles. The minimum Gasteiger partial charge on any atom is -0.314 e. The van der Waals surface area contributed by atoms with Gasteiger partial charge in [0, 0.05) is 12.3 Å². The summed E-state index contributed by atoms with van der Waals surface area (Å²) in [7, 11) is 0. The van der Waals surface area contributed by atoms with Gasteiger partial charge in [0.1, 0.15) is 0 Å². The van der Waals surface area contributed by atoms with Crippen molar-refractivity contribution in [3.63, 3.8) is 0 Å². The van der Waals surface area contributed by atoms with Crippen molar-refractivity contribution in [3.8, 4) is 0 Å². The summed E-state index contributed by atoms with van der Waals surface area (Å²) in [5, 5.41) is 0. The van der Waals surface area contributed by atoms with E-state index in [1.807, 2.05) is 0 Å². The molecule has 4 aliphatic carbocycles. The molecular weight excluding hydrogens is 264 g/mol. The van der Waals surface area contributed by atoms with E-state index in [0.29, 0.717) is 23.2 Å². The monoisotopic (exact) mass is 288 g/mol. The third kappa shape index (κ3) is 1.74. The fourth-order valence-corrected chi connectivity index (χ4v) is 6.09. The molecule has 114 valence electrons. The van der Waals surface area contributed by atoms with Crippen LogP contribution in [0.2, 0.25) is 0 Å². The van der Waals surface area contributed by atoms with E-state index in [9.17, 15) is 9.59 Å². The number of aromatic nitrogens is 2. The first kappa shape index (κ1) is 13.4. The average molecular weight is 288 g/mol. The van der Waals surface area contributed by atoms with E-state index < -0.39 is 0 Å². The van der Waals surface area contributed by atoms with Gasteiger partial charge in [-0.3, -0.25) is 9.36 Å². The van der Waals surface area contributed by atoms with E-state index in [-0.39, 0.29) is 16.8 Å². The second kappa shape index (κ2) is 4.11. The molecular formula is C17H24N2O2. The lowest BCUT2D eigenvalue weighted by Gasteiger charge is -2.63. The molecule has 1 N–H and O–H groups in total. The molecule has 0 saturated heterocycles. The standard InChI is InChI=1S/C17H24N2O2/c1-11(2)16-6-12-5-13(7-16)9-17(8-12,10-16)19-14(20)3-4-18-15(19)21/h3-4,11-13H,5-10H2,1-2H3,(H,18,21). The molecule has 4 heteroatoms. The summed E-state index contributed by atoms with van der Waals surface area (Å²) in [6.45, 7) is 4.64. The Morgan fingerprint density at radius 3 is 2.43 bits per heavy atom. The molecule has 1 aromatic rings. The highest BCUT2D eigenvalue weighted by atomic mass is 16.2. The second-order valence-corrected chi connectivity index (χ2v) is 8.16. The van der Waals surface area contributed by atoms with Gasteiger partial charge in [0.2, 0.25) is 0 Å². The Morgan fingerprint density at radius 1 is 1.19 bits per heavy atom. The summed E-state index contributed by atoms with van der Waals surface area (Å²) < 4.78 is 1.57. The zero-order valence-corrected chi connectivity index (χ0v) is 12.9. The first-order valence-electron chi connectivity index (χ1n) is 8.25. The molecule has 0 spiro atoms. The molecule has 4 nitrogen and oxygen atoms in total. The van der Waals surface area contributed by atoms with E-state index in [0.717, 1.165) is 19.3 Å². The Bertz CT molecular complexity index is 642. The molecule has 5 rings (SSSR count). The lowest BCUT2D eigenvalue weighted by Crippen LogP contribution is -2.62. The van der Waals surface area contributed by atoms with Gasteiger partial charge in [0.25, 0.3) is 5.56 Å². The van der Waals surface area contributed by atoms with Crippen molar-refractivity contribution in [2.45, 2.75) is 57.9 Å². The number of hydrogen-bond donors (Lipinski definition) is 1. The van der Waals surface area contributed by atoms with Crippen molar-refractivity contribution < 1.29 is 0 Å². The van der Waals surface area contributed by atoms with Gasteiger partial charge in [-0.25, -0.2) is 4.79 Å². The fraction of sp³-hybridized carbons (Fsp3) is 0.765. The third-order valence-electron chi connectivity index (χ3n) is 6.63. The smallest absolute Gasteiger partial charge is 0.314 e. The van der Waals surface area contributed by atoms with Gasteiger partial charge in [0.15, 0.2) is 0 Å². The van der Waals surface area contributed by atoms with E-state index >= 15 is 0 Å². The lowest BCUT2D eigenvalue weighted by atomic mass is 9.44. The molecule has 0 amide bonds. The number of nitrogens with one attached hydrogen (secondary N) is 1. The van der Waals surface area contributed by atoms with Crippen LogP contribution < -0.4 is 11.2 Å². The van der Waals surface area contributed by atoms with Crippen LogP contribution in [-0.2, 0) is 5.54 Å². The molecule has 4 aliphatic rings. The molecule has 4 bridgehead atoms. The number of H-pyrrole nitrogens is 1. The van der Waals surface area contributed by atoms with Crippen molar-refractivity contribution in [2.75, 3.05) is 0 Å². The van der Waals surface area contributed by atoms with Crippen LogP contribution in [0.4, 0.5) is 0 Å². The summed E-state index contributed by atoms with van der Waals surface area (Å²) in [5.41, 5.74) is -0.227. The predicted octanol–water partition coefficient (Wildman–Crippen LogP) is 2.49. The predicted molar refractivity (Wildman–Crippen MR) is 81.2 cm³/mol. The summed E-state index contributed by atoms with van der Waals surface area (Å²) in [6.07, 6.45) is 8.41. The first-order chi connectivity index (χ1) is 9.94. The summed E-state index contributed by atoms with van der Waals surface area (Å²) in [5.74, 6) is 2.02. The highest BCUT2D eigenvalue weighted by Crippen LogP contribution is 2.65. The number of rotatable bonds is 2. The molecule has 0 aromatic carbocycles. The van der Waals surface area contributed by atoms with Crippen LogP contribution >= 0.6 is 0 Å². The van der Waals surface area contributed by atoms with Gasteiger partial charge in [-0.1, -0.05) is 13.8 Å². The summed E-state index contributed by atoms with van der Waals surface area (Å²) in [6, 6.07) is 1.50.